The second kappa shape index (κ2) is 15.4. The summed E-state index contributed by atoms with van der Waals surface area (Å²) in [6, 6.07) is 30.2. The Hall–Kier alpha value is -5.86. The van der Waals surface area contributed by atoms with Gasteiger partial charge in [-0.3, -0.25) is 0 Å². The van der Waals surface area contributed by atoms with Crippen molar-refractivity contribution in [3.05, 3.63) is 161 Å². The summed E-state index contributed by atoms with van der Waals surface area (Å²) in [6.07, 6.45) is 9.08. The Morgan fingerprint density at radius 2 is 0.949 bits per heavy atom. The molecule has 7 rings (SSSR count). The third-order valence-corrected chi connectivity index (χ3v) is 12.3. The van der Waals surface area contributed by atoms with Crippen LogP contribution >= 0.6 is 7.81 Å². The Labute approximate surface area is 337 Å². The fourth-order valence-electron chi connectivity index (χ4n) is 6.07. The summed E-state index contributed by atoms with van der Waals surface area (Å²) in [5, 5.41) is 1.47. The topological polar surface area (TPSA) is 82.0 Å². The van der Waals surface area contributed by atoms with E-state index in [2.05, 4.69) is 35.2 Å². The molecule has 0 aliphatic heterocycles. The van der Waals surface area contributed by atoms with E-state index < -0.39 is 27.9 Å². The van der Waals surface area contributed by atoms with E-state index in [4.69, 9.17) is 0 Å². The van der Waals surface area contributed by atoms with E-state index in [9.17, 15) is 42.0 Å². The number of pyridine rings is 1. The molecule has 7 nitrogen and oxygen atoms in total. The molecule has 306 valence electrons. The zero-order valence-corrected chi connectivity index (χ0v) is 34.3. The van der Waals surface area contributed by atoms with E-state index in [0.29, 0.717) is 33.3 Å². The van der Waals surface area contributed by atoms with Gasteiger partial charge >= 0.3 is 33.0 Å². The molecule has 0 radical (unpaired) electrons. The van der Waals surface area contributed by atoms with Crippen molar-refractivity contribution in [1.29, 1.82) is 0 Å². The summed E-state index contributed by atoms with van der Waals surface area (Å²) in [6.45, 7) is 6.73. The fraction of sp³-hybridized carbons (Fsp3) is 0.140. The second-order valence-electron chi connectivity index (χ2n) is 13.7. The van der Waals surface area contributed by atoms with Crippen molar-refractivity contribution in [3.8, 4) is 23.7 Å². The predicted octanol–water partition coefficient (Wildman–Crippen LogP) is 11.0. The van der Waals surface area contributed by atoms with Gasteiger partial charge in [-0.2, -0.15) is 0 Å². The molecule has 0 spiro atoms. The van der Waals surface area contributed by atoms with Crippen LogP contribution in [0, 0.1) is 37.5 Å². The summed E-state index contributed by atoms with van der Waals surface area (Å²) in [4.78, 5) is 0.412. The summed E-state index contributed by atoms with van der Waals surface area (Å²) >= 11 is 0. The van der Waals surface area contributed by atoms with Crippen molar-refractivity contribution < 1.29 is 46.6 Å². The first kappa shape index (κ1) is 42.7. The van der Waals surface area contributed by atoms with E-state index >= 15 is 0 Å². The number of hydrogen-bond donors (Lipinski definition) is 0. The zero-order valence-electron chi connectivity index (χ0n) is 31.8. The number of halogens is 6. The van der Waals surface area contributed by atoms with Gasteiger partial charge in [-0.1, -0.05) is 109 Å². The molecule has 0 unspecified atom stereocenters. The van der Waals surface area contributed by atoms with E-state index in [-0.39, 0.29) is 9.79 Å². The van der Waals surface area contributed by atoms with Gasteiger partial charge < -0.3 is 0 Å². The first-order chi connectivity index (χ1) is 27.5. The molecule has 59 heavy (non-hydrogen) atoms. The SMILES string of the molecule is CCCC[n+]1cc(C#Cc2cn(S(=O)(=O)c3ccc(C)cc3)c3ccccc23)cc(C#Cc2cn(S(=O)(=O)c3ccc(C)cc3)c3ccccc23)c1.F[P-](F)(F)(F)(F)F. The number of unbranched alkanes of at least 4 members (excludes halogenated alkanes) is 1. The molecule has 16 heteroatoms. The fourth-order valence-corrected chi connectivity index (χ4v) is 8.81. The number of benzene rings is 4. The third-order valence-electron chi connectivity index (χ3n) is 8.89. The van der Waals surface area contributed by atoms with Gasteiger partial charge in [-0.05, 0) is 56.3 Å². The van der Waals surface area contributed by atoms with Crippen LogP contribution < -0.4 is 4.57 Å². The number of aryl methyl sites for hydroxylation is 3. The molecular formula is C43H36F6N3O4PS2. The minimum atomic E-state index is -10.7. The normalized spacial score (nSPS) is 13.0. The quantitative estimate of drug-likeness (QED) is 0.0692. The standard InChI is InChI=1S/C43H36N3O4S2.F6P/c1-4-5-26-44-28-34(18-20-36-30-45(42-12-8-6-10-40(36)42)51(47,48)38-22-14-32(2)15-23-38)27-35(29-44)19-21-37-31-46(43-13-9-7-11-41(37)43)52(49,50)39-24-16-33(3)17-25-39;1-7(2,3,4,5)6/h6-17,22-25,27-31H,4-5,26H2,1-3H3;/q+1;-1. The van der Waals surface area contributed by atoms with Gasteiger partial charge in [0.15, 0.2) is 12.4 Å². The molecule has 0 N–H and O–H groups in total. The number of rotatable bonds is 7. The second-order valence-corrected chi connectivity index (χ2v) is 19.3. The van der Waals surface area contributed by atoms with Crippen molar-refractivity contribution in [2.24, 2.45) is 0 Å². The number of nitrogens with zero attached hydrogens (tertiary/aromatic N) is 3. The van der Waals surface area contributed by atoms with Gasteiger partial charge in [0.2, 0.25) is 0 Å². The van der Waals surface area contributed by atoms with Gasteiger partial charge in [-0.15, -0.1) is 0 Å². The van der Waals surface area contributed by atoms with Gasteiger partial charge in [0.05, 0.1) is 43.1 Å². The van der Waals surface area contributed by atoms with Crippen LogP contribution in [0.4, 0.5) is 25.2 Å². The van der Waals surface area contributed by atoms with Crippen LogP contribution in [0.5, 0.6) is 0 Å². The predicted molar refractivity (Wildman–Crippen MR) is 218 cm³/mol. The molecule has 0 aliphatic carbocycles. The molecule has 0 saturated carbocycles. The van der Waals surface area contributed by atoms with Gasteiger partial charge in [0.1, 0.15) is 6.54 Å². The molecule has 0 bridgehead atoms. The number of para-hydroxylation sites is 2. The zero-order chi connectivity index (χ0) is 42.9. The number of hydrogen-bond acceptors (Lipinski definition) is 4. The average molecular weight is 868 g/mol. The van der Waals surface area contributed by atoms with Crippen LogP contribution in [-0.4, -0.2) is 24.8 Å². The number of aromatic nitrogens is 3. The summed E-state index contributed by atoms with van der Waals surface area (Å²) in [5.74, 6) is 13.0. The van der Waals surface area contributed by atoms with Crippen molar-refractivity contribution >= 4 is 49.7 Å². The van der Waals surface area contributed by atoms with Crippen LogP contribution in [-0.2, 0) is 26.6 Å². The summed E-state index contributed by atoms with van der Waals surface area (Å²) in [5.41, 5.74) is 5.65. The molecule has 0 amide bonds. The molecule has 7 aromatic rings. The van der Waals surface area contributed by atoms with Crippen molar-refractivity contribution in [3.63, 3.8) is 0 Å². The number of fused-ring (bicyclic) bond motifs is 2. The third kappa shape index (κ3) is 10.8. The molecule has 0 fully saturated rings. The molecule has 0 atom stereocenters. The van der Waals surface area contributed by atoms with E-state index in [1.54, 1.807) is 73.1 Å². The van der Waals surface area contributed by atoms with E-state index in [1.807, 2.05) is 68.7 Å². The molecule has 3 heterocycles. The maximum atomic E-state index is 13.7. The average Bonchev–Trinajstić information content (AvgIpc) is 3.74. The van der Waals surface area contributed by atoms with Crippen LogP contribution in [0.15, 0.2) is 138 Å². The van der Waals surface area contributed by atoms with Crippen molar-refractivity contribution in [2.45, 2.75) is 49.9 Å². The van der Waals surface area contributed by atoms with Crippen LogP contribution in [0.3, 0.4) is 0 Å². The molecule has 3 aromatic heterocycles. The van der Waals surface area contributed by atoms with E-state index in [1.165, 1.54) is 7.94 Å². The Morgan fingerprint density at radius 1 is 0.576 bits per heavy atom. The molecule has 0 aliphatic rings. The maximum absolute atomic E-state index is 13.7. The first-order valence-electron chi connectivity index (χ1n) is 18.0. The summed E-state index contributed by atoms with van der Waals surface area (Å²) in [7, 11) is -18.4. The molecule has 4 aromatic carbocycles. The Morgan fingerprint density at radius 3 is 1.32 bits per heavy atom. The monoisotopic (exact) mass is 867 g/mol. The van der Waals surface area contributed by atoms with Gasteiger partial charge in [0.25, 0.3) is 20.0 Å². The van der Waals surface area contributed by atoms with Gasteiger partial charge in [0, 0.05) is 29.6 Å². The van der Waals surface area contributed by atoms with Crippen LogP contribution in [0.1, 0.15) is 53.1 Å². The van der Waals surface area contributed by atoms with Crippen LogP contribution in [0.25, 0.3) is 21.8 Å². The van der Waals surface area contributed by atoms with Crippen molar-refractivity contribution in [1.82, 2.24) is 7.94 Å². The Bertz CT molecular complexity index is 2890. The van der Waals surface area contributed by atoms with Crippen molar-refractivity contribution in [2.75, 3.05) is 0 Å². The summed E-state index contributed by atoms with van der Waals surface area (Å²) < 4.78 is 119. The molecular weight excluding hydrogens is 832 g/mol. The Kier molecular flexibility index (Phi) is 11.1. The minimum absolute atomic E-state index is 0.206. The Balaban J connectivity index is 0.000000768. The first-order valence-corrected chi connectivity index (χ1v) is 22.9. The molecule has 0 saturated heterocycles. The van der Waals surface area contributed by atoms with E-state index in [0.717, 1.165) is 41.3 Å². The van der Waals surface area contributed by atoms with Gasteiger partial charge in [-0.25, -0.2) is 29.3 Å². The van der Waals surface area contributed by atoms with Crippen LogP contribution in [0.2, 0.25) is 0 Å².